The highest BCUT2D eigenvalue weighted by Crippen LogP contribution is 2.29. The molecule has 0 spiro atoms. The van der Waals surface area contributed by atoms with E-state index >= 15 is 0 Å². The Morgan fingerprint density at radius 1 is 1.30 bits per heavy atom. The van der Waals surface area contributed by atoms with E-state index in [1.54, 1.807) is 6.33 Å². The summed E-state index contributed by atoms with van der Waals surface area (Å²) in [5.41, 5.74) is 1.72. The van der Waals surface area contributed by atoms with Crippen LogP contribution in [0.5, 0.6) is 0 Å². The van der Waals surface area contributed by atoms with Gasteiger partial charge in [0.25, 0.3) is 0 Å². The van der Waals surface area contributed by atoms with Crippen molar-refractivity contribution in [1.82, 2.24) is 24.6 Å². The van der Waals surface area contributed by atoms with Crippen LogP contribution in [0.25, 0.3) is 11.1 Å². The van der Waals surface area contributed by atoms with E-state index in [-0.39, 0.29) is 12.1 Å². The molecule has 1 aliphatic heterocycles. The minimum absolute atomic E-state index is 0.0805. The second-order valence-corrected chi connectivity index (χ2v) is 5.85. The maximum absolute atomic E-state index is 5.91. The molecule has 0 aliphatic carbocycles. The van der Waals surface area contributed by atoms with E-state index in [9.17, 15) is 0 Å². The lowest BCUT2D eigenvalue weighted by Crippen LogP contribution is -2.40. The minimum Gasteiger partial charge on any atom is -0.439 e. The summed E-state index contributed by atoms with van der Waals surface area (Å²) in [6.07, 6.45) is 1.62. The Balaban J connectivity index is 1.55. The maximum Gasteiger partial charge on any atom is 0.212 e. The molecule has 23 heavy (non-hydrogen) atoms. The number of nitrogens with zero attached hydrogens (tertiary/aromatic N) is 5. The predicted molar refractivity (Wildman–Crippen MR) is 83.7 cm³/mol. The summed E-state index contributed by atoms with van der Waals surface area (Å²) < 4.78 is 13.7. The van der Waals surface area contributed by atoms with Crippen molar-refractivity contribution in [1.29, 1.82) is 0 Å². The third-order valence-corrected chi connectivity index (χ3v) is 4.35. The van der Waals surface area contributed by atoms with E-state index in [0.29, 0.717) is 6.61 Å². The second-order valence-electron chi connectivity index (χ2n) is 5.85. The van der Waals surface area contributed by atoms with Crippen LogP contribution >= 0.6 is 0 Å². The number of ether oxygens (including phenoxy) is 1. The summed E-state index contributed by atoms with van der Waals surface area (Å²) in [7, 11) is 1.93. The smallest absolute Gasteiger partial charge is 0.212 e. The Labute approximate surface area is 133 Å². The standard InChI is InChI=1S/C16H19N5O2/c1-11(16-18-12-5-3-4-6-13(12)23-16)21-7-8-22-14(9-21)15-19-17-10-20(15)2/h3-6,10-11,14H,7-9H2,1-2H3/t11-,14+/m0/s1. The van der Waals surface area contributed by atoms with Gasteiger partial charge in [0.15, 0.2) is 11.4 Å². The number of fused-ring (bicyclic) bond motifs is 1. The van der Waals surface area contributed by atoms with Gasteiger partial charge in [0.1, 0.15) is 17.9 Å². The zero-order chi connectivity index (χ0) is 15.8. The first-order valence-corrected chi connectivity index (χ1v) is 7.77. The molecule has 0 unspecified atom stereocenters. The predicted octanol–water partition coefficient (Wildman–Crippen LogP) is 2.09. The average Bonchev–Trinajstić information content (AvgIpc) is 3.20. The zero-order valence-corrected chi connectivity index (χ0v) is 13.2. The van der Waals surface area contributed by atoms with Crippen LogP contribution in [0.15, 0.2) is 35.0 Å². The number of benzene rings is 1. The molecule has 0 radical (unpaired) electrons. The monoisotopic (exact) mass is 313 g/mol. The van der Waals surface area contributed by atoms with Crippen LogP contribution in [0, 0.1) is 0 Å². The first-order valence-electron chi connectivity index (χ1n) is 7.77. The Hall–Kier alpha value is -2.25. The van der Waals surface area contributed by atoms with Crippen LogP contribution in [-0.4, -0.2) is 44.3 Å². The average molecular weight is 313 g/mol. The topological polar surface area (TPSA) is 69.2 Å². The molecule has 7 nitrogen and oxygen atoms in total. The Morgan fingerprint density at radius 2 is 2.17 bits per heavy atom. The van der Waals surface area contributed by atoms with E-state index in [4.69, 9.17) is 9.15 Å². The van der Waals surface area contributed by atoms with Crippen molar-refractivity contribution in [2.45, 2.75) is 19.1 Å². The van der Waals surface area contributed by atoms with Gasteiger partial charge in [-0.15, -0.1) is 10.2 Å². The van der Waals surface area contributed by atoms with E-state index in [1.165, 1.54) is 0 Å². The molecule has 2 atom stereocenters. The number of aryl methyl sites for hydroxylation is 1. The van der Waals surface area contributed by atoms with Gasteiger partial charge in [0.2, 0.25) is 5.89 Å². The molecule has 120 valence electrons. The lowest BCUT2D eigenvalue weighted by atomic mass is 10.2. The summed E-state index contributed by atoms with van der Waals surface area (Å²) in [5, 5.41) is 8.10. The van der Waals surface area contributed by atoms with E-state index in [1.807, 2.05) is 35.9 Å². The fourth-order valence-corrected chi connectivity index (χ4v) is 2.99. The molecular formula is C16H19N5O2. The van der Waals surface area contributed by atoms with Gasteiger partial charge in [-0.2, -0.15) is 0 Å². The first kappa shape index (κ1) is 14.3. The number of aromatic nitrogens is 4. The molecule has 7 heteroatoms. The second kappa shape index (κ2) is 5.75. The number of morpholine rings is 1. The highest BCUT2D eigenvalue weighted by atomic mass is 16.5. The van der Waals surface area contributed by atoms with Gasteiger partial charge >= 0.3 is 0 Å². The van der Waals surface area contributed by atoms with E-state index in [0.717, 1.165) is 35.9 Å². The third-order valence-electron chi connectivity index (χ3n) is 4.35. The fraction of sp³-hybridized carbons (Fsp3) is 0.438. The van der Waals surface area contributed by atoms with Gasteiger partial charge < -0.3 is 13.7 Å². The van der Waals surface area contributed by atoms with Gasteiger partial charge in [-0.3, -0.25) is 4.90 Å². The summed E-state index contributed by atoms with van der Waals surface area (Å²) in [6, 6.07) is 7.93. The summed E-state index contributed by atoms with van der Waals surface area (Å²) in [5.74, 6) is 1.59. The maximum atomic E-state index is 5.91. The van der Waals surface area contributed by atoms with Gasteiger partial charge in [-0.05, 0) is 19.1 Å². The lowest BCUT2D eigenvalue weighted by molar-refractivity contribution is -0.0513. The number of hydrogen-bond acceptors (Lipinski definition) is 6. The molecule has 0 saturated carbocycles. The van der Waals surface area contributed by atoms with Crippen molar-refractivity contribution in [2.75, 3.05) is 19.7 Å². The van der Waals surface area contributed by atoms with Gasteiger partial charge in [-0.25, -0.2) is 4.98 Å². The fourth-order valence-electron chi connectivity index (χ4n) is 2.99. The molecule has 1 aliphatic rings. The van der Waals surface area contributed by atoms with Crippen LogP contribution in [0.3, 0.4) is 0 Å². The van der Waals surface area contributed by atoms with Crippen LogP contribution in [0.1, 0.15) is 30.8 Å². The van der Waals surface area contributed by atoms with Crippen molar-refractivity contribution in [3.63, 3.8) is 0 Å². The first-order chi connectivity index (χ1) is 11.2. The number of rotatable bonds is 3. The van der Waals surface area contributed by atoms with Crippen LogP contribution in [0.2, 0.25) is 0 Å². The molecule has 3 heterocycles. The van der Waals surface area contributed by atoms with Crippen molar-refractivity contribution < 1.29 is 9.15 Å². The molecule has 0 bridgehead atoms. The Morgan fingerprint density at radius 3 is 2.96 bits per heavy atom. The van der Waals surface area contributed by atoms with Crippen molar-refractivity contribution >= 4 is 11.1 Å². The zero-order valence-electron chi connectivity index (χ0n) is 13.2. The molecule has 2 aromatic heterocycles. The van der Waals surface area contributed by atoms with Crippen LogP contribution in [0.4, 0.5) is 0 Å². The van der Waals surface area contributed by atoms with Crippen molar-refractivity contribution in [2.24, 2.45) is 7.05 Å². The molecule has 1 aromatic carbocycles. The van der Waals surface area contributed by atoms with Crippen molar-refractivity contribution in [3.05, 3.63) is 42.3 Å². The molecule has 1 fully saturated rings. The summed E-state index contributed by atoms with van der Waals surface area (Å²) in [4.78, 5) is 6.92. The van der Waals surface area contributed by atoms with Crippen molar-refractivity contribution in [3.8, 4) is 0 Å². The van der Waals surface area contributed by atoms with Crippen LogP contribution in [-0.2, 0) is 11.8 Å². The quantitative estimate of drug-likeness (QED) is 0.737. The van der Waals surface area contributed by atoms with Crippen LogP contribution < -0.4 is 0 Å². The highest BCUT2D eigenvalue weighted by Gasteiger charge is 2.30. The summed E-state index contributed by atoms with van der Waals surface area (Å²) in [6.45, 7) is 4.35. The van der Waals surface area contributed by atoms with Gasteiger partial charge in [0, 0.05) is 20.1 Å². The number of para-hydroxylation sites is 2. The van der Waals surface area contributed by atoms with E-state index in [2.05, 4.69) is 27.0 Å². The minimum atomic E-state index is -0.0805. The van der Waals surface area contributed by atoms with E-state index < -0.39 is 0 Å². The normalized spacial score (nSPS) is 20.9. The molecule has 4 rings (SSSR count). The molecule has 0 N–H and O–H groups in total. The summed E-state index contributed by atoms with van der Waals surface area (Å²) >= 11 is 0. The molecule has 1 saturated heterocycles. The number of hydrogen-bond donors (Lipinski definition) is 0. The molecule has 3 aromatic rings. The third kappa shape index (κ3) is 2.62. The molecule has 0 amide bonds. The Kier molecular flexibility index (Phi) is 3.59. The lowest BCUT2D eigenvalue weighted by Gasteiger charge is -2.34. The molecular weight excluding hydrogens is 294 g/mol. The largest absolute Gasteiger partial charge is 0.439 e. The van der Waals surface area contributed by atoms with Gasteiger partial charge in [-0.1, -0.05) is 12.1 Å². The van der Waals surface area contributed by atoms with Gasteiger partial charge in [0.05, 0.1) is 12.6 Å². The Bertz CT molecular complexity index is 779. The highest BCUT2D eigenvalue weighted by molar-refractivity contribution is 5.72. The SMILES string of the molecule is C[C@@H](c1nc2ccccc2o1)N1CCO[C@@H](c2nncn2C)C1. The number of oxazole rings is 1.